The van der Waals surface area contributed by atoms with Gasteiger partial charge in [0.1, 0.15) is 0 Å². The number of nitrogens with zero attached hydrogens (tertiary/aromatic N) is 1. The highest BCUT2D eigenvalue weighted by molar-refractivity contribution is 9.10. The van der Waals surface area contributed by atoms with Crippen LogP contribution in [0.5, 0.6) is 0 Å². The molecule has 1 aromatic heterocycles. The number of rotatable bonds is 7. The summed E-state index contributed by atoms with van der Waals surface area (Å²) >= 11 is 5.07. The summed E-state index contributed by atoms with van der Waals surface area (Å²) in [4.78, 5) is 30.0. The highest BCUT2D eigenvalue weighted by Crippen LogP contribution is 2.23. The number of carbonyl (C=O) groups excluding carboxylic acids is 2. The molecule has 4 aromatic rings. The van der Waals surface area contributed by atoms with Crippen molar-refractivity contribution in [2.45, 2.75) is 12.8 Å². The van der Waals surface area contributed by atoms with Crippen LogP contribution in [-0.4, -0.2) is 23.3 Å². The van der Waals surface area contributed by atoms with Crippen LogP contribution in [0.4, 0.5) is 5.69 Å². The molecule has 3 aromatic carbocycles. The summed E-state index contributed by atoms with van der Waals surface area (Å²) in [6.45, 7) is 0.529. The lowest BCUT2D eigenvalue weighted by atomic mass is 10.1. The van der Waals surface area contributed by atoms with Crippen LogP contribution in [-0.2, 0) is 6.42 Å². The number of fused-ring (bicyclic) bond motifs is 1. The molecule has 0 saturated carbocycles. The minimum absolute atomic E-state index is 0.215. The van der Waals surface area contributed by atoms with Crippen molar-refractivity contribution in [3.8, 4) is 0 Å². The van der Waals surface area contributed by atoms with E-state index in [2.05, 4.69) is 37.6 Å². The Bertz CT molecular complexity index is 1210. The Kier molecular flexibility index (Phi) is 6.74. The van der Waals surface area contributed by atoms with Gasteiger partial charge < -0.3 is 10.6 Å². The second-order valence-electron chi connectivity index (χ2n) is 6.91. The van der Waals surface area contributed by atoms with Crippen molar-refractivity contribution in [3.63, 3.8) is 0 Å². The number of para-hydroxylation sites is 2. The van der Waals surface area contributed by atoms with Crippen LogP contribution in [0.2, 0.25) is 0 Å². The Labute approximate surface area is 192 Å². The van der Waals surface area contributed by atoms with Crippen molar-refractivity contribution < 1.29 is 9.59 Å². The third kappa shape index (κ3) is 5.18. The Morgan fingerprint density at radius 1 is 0.871 bits per heavy atom. The van der Waals surface area contributed by atoms with Gasteiger partial charge in [-0.2, -0.15) is 0 Å². The first-order valence-corrected chi connectivity index (χ1v) is 11.5. The number of hydrogen-bond acceptors (Lipinski definition) is 4. The number of amides is 2. The molecule has 4 rings (SSSR count). The fraction of sp³-hybridized carbons (Fsp3) is 0.125. The zero-order valence-electron chi connectivity index (χ0n) is 16.6. The van der Waals surface area contributed by atoms with E-state index >= 15 is 0 Å². The van der Waals surface area contributed by atoms with Gasteiger partial charge in [0, 0.05) is 17.4 Å². The number of thiazole rings is 1. The van der Waals surface area contributed by atoms with Gasteiger partial charge in [0.25, 0.3) is 11.8 Å². The zero-order chi connectivity index (χ0) is 21.6. The lowest BCUT2D eigenvalue weighted by molar-refractivity contribution is 0.0954. The number of halogens is 1. The molecule has 0 saturated heterocycles. The summed E-state index contributed by atoms with van der Waals surface area (Å²) in [5, 5.41) is 6.85. The second kappa shape index (κ2) is 9.85. The van der Waals surface area contributed by atoms with Gasteiger partial charge >= 0.3 is 0 Å². The molecule has 0 bridgehead atoms. The molecule has 0 aliphatic heterocycles. The van der Waals surface area contributed by atoms with Gasteiger partial charge in [-0.15, -0.1) is 11.3 Å². The van der Waals surface area contributed by atoms with Crippen LogP contribution in [0.15, 0.2) is 77.3 Å². The highest BCUT2D eigenvalue weighted by atomic mass is 79.9. The molecule has 0 unspecified atom stereocenters. The first-order valence-electron chi connectivity index (χ1n) is 9.89. The molecule has 5 nitrogen and oxygen atoms in total. The maximum atomic E-state index is 12.7. The number of anilines is 1. The van der Waals surface area contributed by atoms with Gasteiger partial charge in [0.2, 0.25) is 0 Å². The van der Waals surface area contributed by atoms with Gasteiger partial charge in [0.15, 0.2) is 0 Å². The molecule has 0 spiro atoms. The summed E-state index contributed by atoms with van der Waals surface area (Å²) in [5.74, 6) is -0.490. The van der Waals surface area contributed by atoms with Crippen molar-refractivity contribution in [2.24, 2.45) is 0 Å². The SMILES string of the molecule is O=C(Nc1ccccc1C(=O)NCCCc1nc2ccccc2s1)c1ccccc1Br. The maximum absolute atomic E-state index is 12.7. The summed E-state index contributed by atoms with van der Waals surface area (Å²) in [6, 6.07) is 22.3. The second-order valence-corrected chi connectivity index (χ2v) is 8.88. The average molecular weight is 494 g/mol. The molecular weight excluding hydrogens is 474 g/mol. The molecule has 0 radical (unpaired) electrons. The molecule has 2 N–H and O–H groups in total. The van der Waals surface area contributed by atoms with Crippen molar-refractivity contribution in [2.75, 3.05) is 11.9 Å². The van der Waals surface area contributed by atoms with Crippen molar-refractivity contribution in [1.82, 2.24) is 10.3 Å². The largest absolute Gasteiger partial charge is 0.352 e. The molecule has 0 fully saturated rings. The Hall–Kier alpha value is -3.03. The molecule has 1 heterocycles. The van der Waals surface area contributed by atoms with E-state index < -0.39 is 0 Å². The van der Waals surface area contributed by atoms with E-state index in [4.69, 9.17) is 0 Å². The lowest BCUT2D eigenvalue weighted by Gasteiger charge is -2.12. The smallest absolute Gasteiger partial charge is 0.256 e. The number of hydrogen-bond donors (Lipinski definition) is 2. The summed E-state index contributed by atoms with van der Waals surface area (Å²) in [5.41, 5.74) is 2.43. The number of benzene rings is 3. The van der Waals surface area contributed by atoms with Gasteiger partial charge in [-0.25, -0.2) is 4.98 Å². The number of aromatic nitrogens is 1. The van der Waals surface area contributed by atoms with E-state index in [1.54, 1.807) is 53.8 Å². The van der Waals surface area contributed by atoms with E-state index in [1.807, 2.05) is 24.3 Å². The van der Waals surface area contributed by atoms with Crippen LogP contribution >= 0.6 is 27.3 Å². The molecule has 156 valence electrons. The lowest BCUT2D eigenvalue weighted by Crippen LogP contribution is -2.26. The van der Waals surface area contributed by atoms with Gasteiger partial charge in [-0.05, 0) is 58.7 Å². The number of nitrogens with one attached hydrogen (secondary N) is 2. The van der Waals surface area contributed by atoms with Gasteiger partial charge in [0.05, 0.1) is 32.0 Å². The normalized spacial score (nSPS) is 10.7. The molecule has 0 aliphatic carbocycles. The van der Waals surface area contributed by atoms with Crippen LogP contribution < -0.4 is 10.6 Å². The van der Waals surface area contributed by atoms with Crippen LogP contribution in [0.25, 0.3) is 10.2 Å². The molecule has 31 heavy (non-hydrogen) atoms. The summed E-state index contributed by atoms with van der Waals surface area (Å²) in [6.07, 6.45) is 1.59. The van der Waals surface area contributed by atoms with E-state index in [1.165, 1.54) is 4.70 Å². The van der Waals surface area contributed by atoms with E-state index in [0.29, 0.717) is 27.8 Å². The first-order chi connectivity index (χ1) is 15.1. The predicted molar refractivity (Wildman–Crippen MR) is 129 cm³/mol. The molecule has 7 heteroatoms. The molecule has 0 aliphatic rings. The fourth-order valence-corrected chi connectivity index (χ4v) is 4.66. The first kappa shape index (κ1) is 21.2. The van der Waals surface area contributed by atoms with E-state index in [-0.39, 0.29) is 11.8 Å². The Morgan fingerprint density at radius 2 is 1.58 bits per heavy atom. The minimum Gasteiger partial charge on any atom is -0.352 e. The maximum Gasteiger partial charge on any atom is 0.256 e. The van der Waals surface area contributed by atoms with Crippen molar-refractivity contribution in [3.05, 3.63) is 93.4 Å². The monoisotopic (exact) mass is 493 g/mol. The van der Waals surface area contributed by atoms with Gasteiger partial charge in [-0.3, -0.25) is 9.59 Å². The molecule has 0 atom stereocenters. The third-order valence-corrected chi connectivity index (χ3v) is 6.52. The highest BCUT2D eigenvalue weighted by Gasteiger charge is 2.15. The third-order valence-electron chi connectivity index (χ3n) is 4.73. The Balaban J connectivity index is 1.35. The summed E-state index contributed by atoms with van der Waals surface area (Å²) < 4.78 is 1.88. The summed E-state index contributed by atoms with van der Waals surface area (Å²) in [7, 11) is 0. The van der Waals surface area contributed by atoms with Crippen LogP contribution in [0.1, 0.15) is 32.1 Å². The van der Waals surface area contributed by atoms with Crippen LogP contribution in [0.3, 0.4) is 0 Å². The number of carbonyl (C=O) groups is 2. The fourth-order valence-electron chi connectivity index (χ4n) is 3.19. The van der Waals surface area contributed by atoms with Crippen LogP contribution in [0, 0.1) is 0 Å². The molecular formula is C24H20BrN3O2S. The Morgan fingerprint density at radius 3 is 2.39 bits per heavy atom. The average Bonchev–Trinajstić information content (AvgIpc) is 3.20. The van der Waals surface area contributed by atoms with E-state index in [0.717, 1.165) is 23.4 Å². The molecule has 2 amide bonds. The van der Waals surface area contributed by atoms with Gasteiger partial charge in [-0.1, -0.05) is 36.4 Å². The predicted octanol–water partition coefficient (Wildman–Crippen LogP) is 5.67. The topological polar surface area (TPSA) is 71.1 Å². The number of aryl methyl sites for hydroxylation is 1. The quantitative estimate of drug-likeness (QED) is 0.325. The van der Waals surface area contributed by atoms with E-state index in [9.17, 15) is 9.59 Å². The minimum atomic E-state index is -0.274. The standard InChI is InChI=1S/C24H20BrN3O2S/c25-18-10-3-1-8-16(18)24(30)28-19-11-4-2-9-17(19)23(29)26-15-7-14-22-27-20-12-5-6-13-21(20)31-22/h1-6,8-13H,7,14-15H2,(H,26,29)(H,28,30). The van der Waals surface area contributed by atoms with Crippen molar-refractivity contribution >= 4 is 55.0 Å². The zero-order valence-corrected chi connectivity index (χ0v) is 19.0. The van der Waals surface area contributed by atoms with Crippen molar-refractivity contribution in [1.29, 1.82) is 0 Å².